The van der Waals surface area contributed by atoms with E-state index in [2.05, 4.69) is 10.3 Å². The van der Waals surface area contributed by atoms with Crippen LogP contribution in [0.2, 0.25) is 10.0 Å². The second-order valence-corrected chi connectivity index (χ2v) is 9.29. The fraction of sp³-hybridized carbons (Fsp3) is 0.154. The highest BCUT2D eigenvalue weighted by molar-refractivity contribution is 8.18. The molecule has 0 radical (unpaired) electrons. The zero-order chi connectivity index (χ0) is 24.1. The van der Waals surface area contributed by atoms with Gasteiger partial charge in [0.05, 0.1) is 17.2 Å². The normalized spacial score (nSPS) is 15.6. The Labute approximate surface area is 212 Å². The zero-order valence-corrected chi connectivity index (χ0v) is 20.9. The first-order valence-corrected chi connectivity index (χ1v) is 12.2. The zero-order valence-electron chi connectivity index (χ0n) is 18.6. The Balaban J connectivity index is 1.52. The average molecular weight is 513 g/mol. The molecule has 8 heteroatoms. The summed E-state index contributed by atoms with van der Waals surface area (Å²) in [6, 6.07) is 18.6. The minimum Gasteiger partial charge on any atom is -0.490 e. The number of hydrogen-bond donors (Lipinski definition) is 1. The quantitative estimate of drug-likeness (QED) is 0.340. The molecule has 1 aliphatic rings. The van der Waals surface area contributed by atoms with E-state index in [1.807, 2.05) is 50.2 Å². The number of amides is 1. The summed E-state index contributed by atoms with van der Waals surface area (Å²) in [5.41, 5.74) is 3.45. The molecule has 5 nitrogen and oxygen atoms in total. The van der Waals surface area contributed by atoms with Crippen LogP contribution in [-0.2, 0) is 11.4 Å². The van der Waals surface area contributed by atoms with Crippen LogP contribution in [0.1, 0.15) is 23.6 Å². The lowest BCUT2D eigenvalue weighted by atomic mass is 10.2. The van der Waals surface area contributed by atoms with Gasteiger partial charge in [-0.05, 0) is 73.6 Å². The SMILES string of the molecule is CCOc1cc(/C=C2\SC(=Nc3ccc(C)cc3)NC2=O)ccc1OCc1c(Cl)cccc1Cl. The number of halogens is 2. The number of nitrogens with zero attached hydrogens (tertiary/aromatic N) is 1. The Morgan fingerprint density at radius 1 is 1.00 bits per heavy atom. The van der Waals surface area contributed by atoms with E-state index in [1.54, 1.807) is 30.3 Å². The van der Waals surface area contributed by atoms with E-state index in [9.17, 15) is 4.79 Å². The third kappa shape index (κ3) is 5.95. The molecule has 1 amide bonds. The molecule has 3 aromatic carbocycles. The molecule has 1 N–H and O–H groups in total. The summed E-state index contributed by atoms with van der Waals surface area (Å²) in [6.45, 7) is 4.58. The van der Waals surface area contributed by atoms with E-state index in [-0.39, 0.29) is 12.5 Å². The monoisotopic (exact) mass is 512 g/mol. The van der Waals surface area contributed by atoms with Crippen molar-refractivity contribution >= 4 is 57.8 Å². The number of rotatable bonds is 7. The lowest BCUT2D eigenvalue weighted by molar-refractivity contribution is -0.115. The van der Waals surface area contributed by atoms with Crippen LogP contribution >= 0.6 is 35.0 Å². The second kappa shape index (κ2) is 11.0. The molecular formula is C26H22Cl2N2O3S. The van der Waals surface area contributed by atoms with Crippen LogP contribution in [0.5, 0.6) is 11.5 Å². The largest absolute Gasteiger partial charge is 0.490 e. The summed E-state index contributed by atoms with van der Waals surface area (Å²) in [7, 11) is 0. The third-order valence-electron chi connectivity index (χ3n) is 4.91. The van der Waals surface area contributed by atoms with Crippen molar-refractivity contribution < 1.29 is 14.3 Å². The van der Waals surface area contributed by atoms with E-state index in [0.29, 0.717) is 43.8 Å². The molecule has 0 aromatic heterocycles. The first-order chi connectivity index (χ1) is 16.4. The highest BCUT2D eigenvalue weighted by atomic mass is 35.5. The predicted molar refractivity (Wildman–Crippen MR) is 140 cm³/mol. The third-order valence-corrected chi connectivity index (χ3v) is 6.53. The lowest BCUT2D eigenvalue weighted by Crippen LogP contribution is -2.19. The minimum absolute atomic E-state index is 0.192. The Morgan fingerprint density at radius 3 is 2.44 bits per heavy atom. The van der Waals surface area contributed by atoms with Crippen molar-refractivity contribution in [2.45, 2.75) is 20.5 Å². The van der Waals surface area contributed by atoms with Crippen LogP contribution in [-0.4, -0.2) is 17.7 Å². The van der Waals surface area contributed by atoms with Crippen molar-refractivity contribution in [3.63, 3.8) is 0 Å². The van der Waals surface area contributed by atoms with Crippen molar-refractivity contribution in [3.05, 3.63) is 92.3 Å². The number of thioether (sulfide) groups is 1. The van der Waals surface area contributed by atoms with Crippen molar-refractivity contribution in [1.82, 2.24) is 5.32 Å². The summed E-state index contributed by atoms with van der Waals surface area (Å²) < 4.78 is 11.7. The fourth-order valence-electron chi connectivity index (χ4n) is 3.19. The van der Waals surface area contributed by atoms with Crippen molar-refractivity contribution in [2.24, 2.45) is 4.99 Å². The first-order valence-electron chi connectivity index (χ1n) is 10.6. The van der Waals surface area contributed by atoms with Crippen LogP contribution in [0.15, 0.2) is 70.6 Å². The number of carbonyl (C=O) groups is 1. The van der Waals surface area contributed by atoms with Crippen molar-refractivity contribution in [3.8, 4) is 11.5 Å². The summed E-state index contributed by atoms with van der Waals surface area (Å²) in [4.78, 5) is 17.5. The smallest absolute Gasteiger partial charge is 0.264 e. The van der Waals surface area contributed by atoms with Gasteiger partial charge in [0.25, 0.3) is 5.91 Å². The molecule has 34 heavy (non-hydrogen) atoms. The molecule has 0 unspecified atom stereocenters. The van der Waals surface area contributed by atoms with E-state index < -0.39 is 0 Å². The fourth-order valence-corrected chi connectivity index (χ4v) is 4.54. The number of nitrogens with one attached hydrogen (secondary N) is 1. The van der Waals surface area contributed by atoms with Gasteiger partial charge in [-0.15, -0.1) is 0 Å². The molecule has 174 valence electrons. The van der Waals surface area contributed by atoms with Crippen LogP contribution in [0.3, 0.4) is 0 Å². The molecule has 0 aliphatic carbocycles. The molecule has 4 rings (SSSR count). The molecule has 1 heterocycles. The maximum Gasteiger partial charge on any atom is 0.264 e. The number of amidine groups is 1. The maximum absolute atomic E-state index is 12.5. The number of aryl methyl sites for hydroxylation is 1. The van der Waals surface area contributed by atoms with Gasteiger partial charge >= 0.3 is 0 Å². The van der Waals surface area contributed by atoms with Gasteiger partial charge in [0.15, 0.2) is 16.7 Å². The summed E-state index contributed by atoms with van der Waals surface area (Å²) >= 11 is 13.8. The van der Waals surface area contributed by atoms with E-state index in [0.717, 1.165) is 16.8 Å². The number of aliphatic imine (C=N–C) groups is 1. The molecular weight excluding hydrogens is 491 g/mol. The van der Waals surface area contributed by atoms with E-state index in [4.69, 9.17) is 32.7 Å². The molecule has 3 aromatic rings. The number of hydrogen-bond acceptors (Lipinski definition) is 5. The Kier molecular flexibility index (Phi) is 7.83. The standard InChI is InChI=1S/C26H22Cl2N2O3S/c1-3-32-23-13-17(9-12-22(23)33-15-19-20(27)5-4-6-21(19)28)14-24-25(31)30-26(34-24)29-18-10-7-16(2)8-11-18/h4-14H,3,15H2,1-2H3,(H,29,30,31)/b24-14-. The Hall–Kier alpha value is -2.93. The molecule has 0 spiro atoms. The number of carbonyl (C=O) groups excluding carboxylic acids is 1. The number of benzene rings is 3. The van der Waals surface area contributed by atoms with Gasteiger partial charge in [-0.3, -0.25) is 4.79 Å². The van der Waals surface area contributed by atoms with Gasteiger partial charge in [0.2, 0.25) is 0 Å². The van der Waals surface area contributed by atoms with Gasteiger partial charge in [0.1, 0.15) is 6.61 Å². The highest BCUT2D eigenvalue weighted by Gasteiger charge is 2.24. The first kappa shape index (κ1) is 24.2. The van der Waals surface area contributed by atoms with E-state index in [1.165, 1.54) is 11.8 Å². The Morgan fingerprint density at radius 2 is 1.74 bits per heavy atom. The van der Waals surface area contributed by atoms with Crippen molar-refractivity contribution in [2.75, 3.05) is 6.61 Å². The molecule has 0 saturated carbocycles. The second-order valence-electron chi connectivity index (χ2n) is 7.45. The van der Waals surface area contributed by atoms with Crippen molar-refractivity contribution in [1.29, 1.82) is 0 Å². The maximum atomic E-state index is 12.5. The van der Waals surface area contributed by atoms with Crippen LogP contribution in [0.25, 0.3) is 6.08 Å². The topological polar surface area (TPSA) is 59.9 Å². The molecule has 0 atom stereocenters. The molecule has 0 bridgehead atoms. The van der Waals surface area contributed by atoms with Gasteiger partial charge in [-0.2, -0.15) is 0 Å². The summed E-state index contributed by atoms with van der Waals surface area (Å²) in [5.74, 6) is 0.935. The van der Waals surface area contributed by atoms with Crippen LogP contribution in [0, 0.1) is 6.92 Å². The molecule has 1 saturated heterocycles. The molecule has 1 aliphatic heterocycles. The van der Waals surface area contributed by atoms with E-state index >= 15 is 0 Å². The van der Waals surface area contributed by atoms with Gasteiger partial charge in [-0.25, -0.2) is 4.99 Å². The minimum atomic E-state index is -0.192. The lowest BCUT2D eigenvalue weighted by Gasteiger charge is -2.14. The molecule has 1 fully saturated rings. The van der Waals surface area contributed by atoms with Gasteiger partial charge in [-0.1, -0.05) is 53.0 Å². The predicted octanol–water partition coefficient (Wildman–Crippen LogP) is 7.17. The highest BCUT2D eigenvalue weighted by Crippen LogP contribution is 2.34. The van der Waals surface area contributed by atoms with Gasteiger partial charge in [0, 0.05) is 15.6 Å². The summed E-state index contributed by atoms with van der Waals surface area (Å²) in [6.07, 6.45) is 1.80. The Bertz CT molecular complexity index is 1250. The van der Waals surface area contributed by atoms with Gasteiger partial charge < -0.3 is 14.8 Å². The summed E-state index contributed by atoms with van der Waals surface area (Å²) in [5, 5.41) is 4.44. The van der Waals surface area contributed by atoms with Crippen LogP contribution in [0.4, 0.5) is 5.69 Å². The van der Waals surface area contributed by atoms with Crippen LogP contribution < -0.4 is 14.8 Å². The number of ether oxygens (including phenoxy) is 2. The average Bonchev–Trinajstić information content (AvgIpc) is 3.15.